The first-order chi connectivity index (χ1) is 11.9. The van der Waals surface area contributed by atoms with Gasteiger partial charge in [0, 0.05) is 19.1 Å². The second kappa shape index (κ2) is 6.73. The van der Waals surface area contributed by atoms with Crippen molar-refractivity contribution in [3.63, 3.8) is 0 Å². The average Bonchev–Trinajstić information content (AvgIpc) is 3.12. The Labute approximate surface area is 145 Å². The molecule has 0 spiro atoms. The van der Waals surface area contributed by atoms with E-state index in [0.29, 0.717) is 44.7 Å². The first-order valence-corrected chi connectivity index (χ1v) is 8.54. The zero-order valence-corrected chi connectivity index (χ0v) is 14.4. The van der Waals surface area contributed by atoms with Crippen LogP contribution in [0.3, 0.4) is 0 Å². The standard InChI is InChI=1S/C16H23N5O4/c1-3-13(18-15(23)24)14(22)19-6-4-11(5-7-19)20-9-12-8-17-10(2)21(12)16(20)25/h8,11,13,18H,3-7,9H2,1-2H3,(H,23,24). The van der Waals surface area contributed by atoms with E-state index < -0.39 is 12.1 Å². The molecule has 0 saturated carbocycles. The molecule has 1 saturated heterocycles. The van der Waals surface area contributed by atoms with Gasteiger partial charge in [0.1, 0.15) is 11.9 Å². The molecule has 2 N–H and O–H groups in total. The van der Waals surface area contributed by atoms with Gasteiger partial charge >= 0.3 is 12.1 Å². The number of carboxylic acid groups (broad SMARTS) is 1. The van der Waals surface area contributed by atoms with Crippen molar-refractivity contribution in [2.24, 2.45) is 0 Å². The van der Waals surface area contributed by atoms with Crippen LogP contribution in [0.4, 0.5) is 9.59 Å². The van der Waals surface area contributed by atoms with Crippen molar-refractivity contribution in [3.8, 4) is 0 Å². The lowest BCUT2D eigenvalue weighted by Crippen LogP contribution is -2.53. The van der Waals surface area contributed by atoms with Crippen LogP contribution in [-0.4, -0.2) is 67.7 Å². The molecule has 0 aliphatic carbocycles. The summed E-state index contributed by atoms with van der Waals surface area (Å²) in [6, 6.07) is -0.672. The lowest BCUT2D eigenvalue weighted by atomic mass is 10.0. The Morgan fingerprint density at radius 3 is 2.64 bits per heavy atom. The van der Waals surface area contributed by atoms with E-state index in [1.165, 1.54) is 0 Å². The Balaban J connectivity index is 1.58. The highest BCUT2D eigenvalue weighted by Crippen LogP contribution is 2.26. The van der Waals surface area contributed by atoms with E-state index in [1.54, 1.807) is 22.6 Å². The number of amides is 3. The summed E-state index contributed by atoms with van der Waals surface area (Å²) in [6.45, 7) is 5.19. The zero-order valence-electron chi connectivity index (χ0n) is 14.4. The molecule has 25 heavy (non-hydrogen) atoms. The Kier molecular flexibility index (Phi) is 4.65. The van der Waals surface area contributed by atoms with Crippen LogP contribution in [0.1, 0.15) is 37.7 Å². The molecule has 3 rings (SSSR count). The summed E-state index contributed by atoms with van der Waals surface area (Å²) in [7, 11) is 0. The fourth-order valence-corrected chi connectivity index (χ4v) is 3.63. The number of aromatic nitrogens is 2. The number of aryl methyl sites for hydroxylation is 1. The Morgan fingerprint density at radius 2 is 2.08 bits per heavy atom. The molecule has 2 aliphatic heterocycles. The molecule has 1 fully saturated rings. The third-order valence-corrected chi connectivity index (χ3v) is 5.00. The number of hydrogen-bond donors (Lipinski definition) is 2. The molecular formula is C16H23N5O4. The minimum atomic E-state index is -1.19. The number of fused-ring (bicyclic) bond motifs is 1. The van der Waals surface area contributed by atoms with Crippen LogP contribution in [0.15, 0.2) is 6.20 Å². The highest BCUT2D eigenvalue weighted by atomic mass is 16.4. The lowest BCUT2D eigenvalue weighted by Gasteiger charge is -2.37. The van der Waals surface area contributed by atoms with E-state index in [9.17, 15) is 14.4 Å². The van der Waals surface area contributed by atoms with Gasteiger partial charge in [0.05, 0.1) is 18.4 Å². The van der Waals surface area contributed by atoms with Crippen molar-refractivity contribution in [1.82, 2.24) is 24.7 Å². The van der Waals surface area contributed by atoms with Gasteiger partial charge in [-0.05, 0) is 26.2 Å². The normalized spacial score (nSPS) is 19.0. The van der Waals surface area contributed by atoms with Gasteiger partial charge in [0.2, 0.25) is 5.91 Å². The van der Waals surface area contributed by atoms with Crippen molar-refractivity contribution < 1.29 is 19.5 Å². The molecule has 3 amide bonds. The van der Waals surface area contributed by atoms with E-state index in [1.807, 2.05) is 11.8 Å². The van der Waals surface area contributed by atoms with E-state index >= 15 is 0 Å². The minimum absolute atomic E-state index is 0.0474. The SMILES string of the molecule is CCC(NC(=O)O)C(=O)N1CCC(N2Cc3cnc(C)n3C2=O)CC1. The summed E-state index contributed by atoms with van der Waals surface area (Å²) in [5, 5.41) is 11.1. The number of rotatable bonds is 4. The van der Waals surface area contributed by atoms with Crippen LogP contribution < -0.4 is 5.32 Å². The van der Waals surface area contributed by atoms with Gasteiger partial charge in [-0.1, -0.05) is 6.92 Å². The maximum atomic E-state index is 12.6. The zero-order chi connectivity index (χ0) is 18.1. The van der Waals surface area contributed by atoms with E-state index in [0.717, 1.165) is 5.69 Å². The van der Waals surface area contributed by atoms with Crippen molar-refractivity contribution in [2.75, 3.05) is 13.1 Å². The second-order valence-electron chi connectivity index (χ2n) is 6.51. The third kappa shape index (κ3) is 3.18. The van der Waals surface area contributed by atoms with Gasteiger partial charge in [-0.15, -0.1) is 0 Å². The van der Waals surface area contributed by atoms with Gasteiger partial charge in [-0.2, -0.15) is 0 Å². The number of likely N-dealkylation sites (tertiary alicyclic amines) is 1. The summed E-state index contributed by atoms with van der Waals surface area (Å²) in [5.41, 5.74) is 0.901. The molecule has 1 unspecified atom stereocenters. The predicted octanol–water partition coefficient (Wildman–Crippen LogP) is 1.01. The molecule has 0 bridgehead atoms. The van der Waals surface area contributed by atoms with Crippen molar-refractivity contribution in [3.05, 3.63) is 17.7 Å². The smallest absolute Gasteiger partial charge is 0.405 e. The van der Waals surface area contributed by atoms with E-state index in [2.05, 4.69) is 10.3 Å². The molecule has 1 atom stereocenters. The van der Waals surface area contributed by atoms with Gasteiger partial charge in [0.25, 0.3) is 0 Å². The molecule has 0 aromatic carbocycles. The highest BCUT2D eigenvalue weighted by molar-refractivity contribution is 5.85. The third-order valence-electron chi connectivity index (χ3n) is 5.00. The van der Waals surface area contributed by atoms with Crippen molar-refractivity contribution >= 4 is 18.0 Å². The number of imidazole rings is 1. The van der Waals surface area contributed by atoms with Crippen molar-refractivity contribution in [1.29, 1.82) is 0 Å². The molecule has 0 radical (unpaired) electrons. The molecule has 2 aliphatic rings. The monoisotopic (exact) mass is 349 g/mol. The predicted molar refractivity (Wildman–Crippen MR) is 88.1 cm³/mol. The Hall–Kier alpha value is -2.58. The average molecular weight is 349 g/mol. The summed E-state index contributed by atoms with van der Waals surface area (Å²) < 4.78 is 1.64. The maximum absolute atomic E-state index is 12.6. The molecule has 9 nitrogen and oxygen atoms in total. The topological polar surface area (TPSA) is 108 Å². The molecule has 9 heteroatoms. The fraction of sp³-hybridized carbons (Fsp3) is 0.625. The first-order valence-electron chi connectivity index (χ1n) is 8.54. The van der Waals surface area contributed by atoms with E-state index in [-0.39, 0.29) is 18.0 Å². The van der Waals surface area contributed by atoms with Crippen LogP contribution >= 0.6 is 0 Å². The highest BCUT2D eigenvalue weighted by Gasteiger charge is 2.37. The Morgan fingerprint density at radius 1 is 1.40 bits per heavy atom. The van der Waals surface area contributed by atoms with E-state index in [4.69, 9.17) is 5.11 Å². The number of nitrogens with one attached hydrogen (secondary N) is 1. The van der Waals surface area contributed by atoms with Gasteiger partial charge < -0.3 is 20.2 Å². The molecule has 1 aromatic heterocycles. The molecule has 3 heterocycles. The first kappa shape index (κ1) is 17.2. The fourth-order valence-electron chi connectivity index (χ4n) is 3.63. The Bertz CT molecular complexity index is 693. The van der Waals surface area contributed by atoms with Gasteiger partial charge in [-0.3, -0.25) is 9.36 Å². The number of carbonyl (C=O) groups excluding carboxylic acids is 2. The number of piperidine rings is 1. The summed E-state index contributed by atoms with van der Waals surface area (Å²) in [6.07, 6.45) is 2.34. The van der Waals surface area contributed by atoms with Crippen LogP contribution in [0.25, 0.3) is 0 Å². The van der Waals surface area contributed by atoms with Crippen molar-refractivity contribution in [2.45, 2.75) is 51.7 Å². The lowest BCUT2D eigenvalue weighted by molar-refractivity contribution is -0.134. The van der Waals surface area contributed by atoms with Gasteiger partial charge in [0.15, 0.2) is 0 Å². The maximum Gasteiger partial charge on any atom is 0.405 e. The molecule has 136 valence electrons. The van der Waals surface area contributed by atoms with Crippen LogP contribution in [0.2, 0.25) is 0 Å². The van der Waals surface area contributed by atoms with Crippen LogP contribution in [0, 0.1) is 6.92 Å². The molecular weight excluding hydrogens is 326 g/mol. The summed E-state index contributed by atoms with van der Waals surface area (Å²) in [5.74, 6) is 0.503. The summed E-state index contributed by atoms with van der Waals surface area (Å²) in [4.78, 5) is 43.5. The number of nitrogens with zero attached hydrogens (tertiary/aromatic N) is 4. The minimum Gasteiger partial charge on any atom is -0.465 e. The second-order valence-corrected chi connectivity index (χ2v) is 6.51. The van der Waals surface area contributed by atoms with Crippen LogP contribution in [-0.2, 0) is 11.3 Å². The largest absolute Gasteiger partial charge is 0.465 e. The van der Waals surface area contributed by atoms with Crippen LogP contribution in [0.5, 0.6) is 0 Å². The summed E-state index contributed by atoms with van der Waals surface area (Å²) >= 11 is 0. The molecule has 1 aromatic rings. The number of carbonyl (C=O) groups is 3. The van der Waals surface area contributed by atoms with Gasteiger partial charge in [-0.25, -0.2) is 14.6 Å². The quantitative estimate of drug-likeness (QED) is 0.843. The number of hydrogen-bond acceptors (Lipinski definition) is 4.